The highest BCUT2D eigenvalue weighted by Gasteiger charge is 2.29. The van der Waals surface area contributed by atoms with Crippen molar-refractivity contribution in [3.05, 3.63) is 23.5 Å². The zero-order valence-electron chi connectivity index (χ0n) is 15.3. The smallest absolute Gasteiger partial charge is 0.253 e. The SMILES string of the molecule is Cc1nc2c(cnn2C(C)C)cc1C(=O)NC1CCCC(C)C1C. The number of nitrogens with one attached hydrogen (secondary N) is 1. The Morgan fingerprint density at radius 2 is 2.08 bits per heavy atom. The van der Waals surface area contributed by atoms with E-state index in [-0.39, 0.29) is 18.0 Å². The van der Waals surface area contributed by atoms with Crippen LogP contribution in [0.4, 0.5) is 0 Å². The minimum atomic E-state index is -0.00912. The Kier molecular flexibility index (Phi) is 4.61. The third-order valence-electron chi connectivity index (χ3n) is 5.52. The van der Waals surface area contributed by atoms with E-state index in [9.17, 15) is 4.79 Å². The number of nitrogens with zero attached hydrogens (tertiary/aromatic N) is 3. The minimum Gasteiger partial charge on any atom is -0.349 e. The average Bonchev–Trinajstić information content (AvgIpc) is 2.93. The van der Waals surface area contributed by atoms with E-state index in [1.165, 1.54) is 12.8 Å². The van der Waals surface area contributed by atoms with Crippen LogP contribution in [0.15, 0.2) is 12.3 Å². The van der Waals surface area contributed by atoms with Gasteiger partial charge in [-0.15, -0.1) is 0 Å². The Balaban J connectivity index is 1.86. The predicted molar refractivity (Wildman–Crippen MR) is 96.1 cm³/mol. The van der Waals surface area contributed by atoms with Crippen LogP contribution in [-0.2, 0) is 0 Å². The molecule has 1 saturated carbocycles. The van der Waals surface area contributed by atoms with Crippen LogP contribution in [0.1, 0.15) is 69.1 Å². The van der Waals surface area contributed by atoms with Gasteiger partial charge in [0, 0.05) is 17.5 Å². The fourth-order valence-electron chi connectivity index (χ4n) is 3.71. The van der Waals surface area contributed by atoms with E-state index in [0.717, 1.165) is 23.1 Å². The summed E-state index contributed by atoms with van der Waals surface area (Å²) in [5.41, 5.74) is 2.27. The number of amides is 1. The molecule has 0 bridgehead atoms. The van der Waals surface area contributed by atoms with Crippen LogP contribution < -0.4 is 5.32 Å². The van der Waals surface area contributed by atoms with E-state index >= 15 is 0 Å². The van der Waals surface area contributed by atoms with Gasteiger partial charge in [0.05, 0.1) is 17.5 Å². The largest absolute Gasteiger partial charge is 0.349 e. The van der Waals surface area contributed by atoms with Crippen LogP contribution in [-0.4, -0.2) is 26.7 Å². The normalized spacial score (nSPS) is 24.5. The highest BCUT2D eigenvalue weighted by atomic mass is 16.1. The Hall–Kier alpha value is -1.91. The Labute approximate surface area is 143 Å². The zero-order valence-corrected chi connectivity index (χ0v) is 15.3. The van der Waals surface area contributed by atoms with Crippen molar-refractivity contribution in [2.45, 2.75) is 66.0 Å². The molecule has 1 fully saturated rings. The van der Waals surface area contributed by atoms with Crippen LogP contribution >= 0.6 is 0 Å². The molecule has 2 aromatic heterocycles. The van der Waals surface area contributed by atoms with E-state index in [1.807, 2.05) is 17.7 Å². The van der Waals surface area contributed by atoms with E-state index in [0.29, 0.717) is 17.4 Å². The Morgan fingerprint density at radius 1 is 1.33 bits per heavy atom. The molecule has 0 saturated heterocycles. The van der Waals surface area contributed by atoms with Crippen LogP contribution in [0.3, 0.4) is 0 Å². The molecular weight excluding hydrogens is 300 g/mol. The molecule has 0 radical (unpaired) electrons. The second-order valence-electron chi connectivity index (χ2n) is 7.56. The summed E-state index contributed by atoms with van der Waals surface area (Å²) in [5, 5.41) is 8.56. The number of hydrogen-bond donors (Lipinski definition) is 1. The molecular formula is C19H28N4O. The number of aromatic nitrogens is 3. The number of hydrogen-bond acceptors (Lipinski definition) is 3. The van der Waals surface area contributed by atoms with Crippen LogP contribution in [0.25, 0.3) is 11.0 Å². The molecule has 1 amide bonds. The summed E-state index contributed by atoms with van der Waals surface area (Å²) in [7, 11) is 0. The van der Waals surface area contributed by atoms with E-state index in [1.54, 1.807) is 6.20 Å². The quantitative estimate of drug-likeness (QED) is 0.930. The van der Waals surface area contributed by atoms with Crippen molar-refractivity contribution in [2.75, 3.05) is 0 Å². The number of fused-ring (bicyclic) bond motifs is 1. The van der Waals surface area contributed by atoms with Crippen molar-refractivity contribution in [1.29, 1.82) is 0 Å². The number of aryl methyl sites for hydroxylation is 1. The van der Waals surface area contributed by atoms with Gasteiger partial charge < -0.3 is 5.32 Å². The molecule has 2 aromatic rings. The standard InChI is InChI=1S/C19H28N4O/c1-11(2)23-18-15(10-20-23)9-16(14(5)21-18)19(24)22-17-8-6-7-12(3)13(17)4/h9-13,17H,6-8H2,1-5H3,(H,22,24). The van der Waals surface area contributed by atoms with Crippen molar-refractivity contribution in [1.82, 2.24) is 20.1 Å². The molecule has 3 unspecified atom stereocenters. The first-order chi connectivity index (χ1) is 11.4. The third-order valence-corrected chi connectivity index (χ3v) is 5.52. The van der Waals surface area contributed by atoms with Gasteiger partial charge in [-0.3, -0.25) is 4.79 Å². The van der Waals surface area contributed by atoms with Crippen LogP contribution in [0.2, 0.25) is 0 Å². The lowest BCUT2D eigenvalue weighted by atomic mass is 9.78. The first-order valence-corrected chi connectivity index (χ1v) is 9.04. The molecule has 130 valence electrons. The molecule has 0 aromatic carbocycles. The van der Waals surface area contributed by atoms with Crippen molar-refractivity contribution >= 4 is 16.9 Å². The van der Waals surface area contributed by atoms with Gasteiger partial charge in [-0.05, 0) is 45.1 Å². The van der Waals surface area contributed by atoms with Gasteiger partial charge in [0.2, 0.25) is 0 Å². The monoisotopic (exact) mass is 328 g/mol. The van der Waals surface area contributed by atoms with Gasteiger partial charge in [-0.25, -0.2) is 9.67 Å². The summed E-state index contributed by atoms with van der Waals surface area (Å²) in [4.78, 5) is 17.4. The first-order valence-electron chi connectivity index (χ1n) is 9.04. The molecule has 1 aliphatic carbocycles. The highest BCUT2D eigenvalue weighted by molar-refractivity contribution is 5.98. The molecule has 0 aliphatic heterocycles. The highest BCUT2D eigenvalue weighted by Crippen LogP contribution is 2.30. The fourth-order valence-corrected chi connectivity index (χ4v) is 3.71. The van der Waals surface area contributed by atoms with Gasteiger partial charge in [-0.2, -0.15) is 5.10 Å². The molecule has 3 rings (SSSR count). The number of rotatable bonds is 3. The van der Waals surface area contributed by atoms with E-state index < -0.39 is 0 Å². The Morgan fingerprint density at radius 3 is 2.79 bits per heavy atom. The van der Waals surface area contributed by atoms with Crippen LogP contribution in [0, 0.1) is 18.8 Å². The second-order valence-corrected chi connectivity index (χ2v) is 7.56. The van der Waals surface area contributed by atoms with Crippen molar-refractivity contribution in [2.24, 2.45) is 11.8 Å². The Bertz CT molecular complexity index is 749. The summed E-state index contributed by atoms with van der Waals surface area (Å²) >= 11 is 0. The molecule has 5 nitrogen and oxygen atoms in total. The molecule has 2 heterocycles. The van der Waals surface area contributed by atoms with Crippen molar-refractivity contribution in [3.8, 4) is 0 Å². The maximum Gasteiger partial charge on any atom is 0.253 e. The summed E-state index contributed by atoms with van der Waals surface area (Å²) in [5.74, 6) is 1.17. The molecule has 5 heteroatoms. The number of pyridine rings is 1. The lowest BCUT2D eigenvalue weighted by Gasteiger charge is -2.34. The summed E-state index contributed by atoms with van der Waals surface area (Å²) < 4.78 is 1.90. The van der Waals surface area contributed by atoms with Gasteiger partial charge in [0.1, 0.15) is 0 Å². The molecule has 24 heavy (non-hydrogen) atoms. The third kappa shape index (κ3) is 3.04. The van der Waals surface area contributed by atoms with Crippen molar-refractivity contribution < 1.29 is 4.79 Å². The second kappa shape index (κ2) is 6.54. The van der Waals surface area contributed by atoms with Gasteiger partial charge in [0.25, 0.3) is 5.91 Å². The summed E-state index contributed by atoms with van der Waals surface area (Å²) in [6.45, 7) is 10.6. The minimum absolute atomic E-state index is 0.00912. The summed E-state index contributed by atoms with van der Waals surface area (Å²) in [6, 6.07) is 2.43. The van der Waals surface area contributed by atoms with E-state index in [4.69, 9.17) is 0 Å². The van der Waals surface area contributed by atoms with Gasteiger partial charge >= 0.3 is 0 Å². The maximum atomic E-state index is 12.8. The zero-order chi connectivity index (χ0) is 17.4. The number of carbonyl (C=O) groups is 1. The molecule has 1 N–H and O–H groups in total. The molecule has 0 spiro atoms. The molecule has 3 atom stereocenters. The average molecular weight is 328 g/mol. The van der Waals surface area contributed by atoms with Crippen molar-refractivity contribution in [3.63, 3.8) is 0 Å². The number of carbonyl (C=O) groups excluding carboxylic acids is 1. The predicted octanol–water partition coefficient (Wildman–Crippen LogP) is 3.88. The van der Waals surface area contributed by atoms with Gasteiger partial charge in [-0.1, -0.05) is 26.7 Å². The first kappa shape index (κ1) is 16.9. The lowest BCUT2D eigenvalue weighted by Crippen LogP contribution is -2.43. The topological polar surface area (TPSA) is 59.8 Å². The molecule has 1 aliphatic rings. The van der Waals surface area contributed by atoms with Gasteiger partial charge in [0.15, 0.2) is 5.65 Å². The van der Waals surface area contributed by atoms with E-state index in [2.05, 4.69) is 43.1 Å². The maximum absolute atomic E-state index is 12.8. The lowest BCUT2D eigenvalue weighted by molar-refractivity contribution is 0.0890. The van der Waals surface area contributed by atoms with Crippen LogP contribution in [0.5, 0.6) is 0 Å². The fraction of sp³-hybridized carbons (Fsp3) is 0.632. The summed E-state index contributed by atoms with van der Waals surface area (Å²) in [6.07, 6.45) is 5.31.